The average Bonchev–Trinajstić information content (AvgIpc) is 3.30. The van der Waals surface area contributed by atoms with Gasteiger partial charge in [0.15, 0.2) is 18.4 Å². The number of rotatable bonds is 7. The molecule has 0 amide bonds. The molecule has 0 unspecified atom stereocenters. The van der Waals surface area contributed by atoms with E-state index < -0.39 is 195 Å². The van der Waals surface area contributed by atoms with Gasteiger partial charge in [-0.1, -0.05) is 97.1 Å². The lowest BCUT2D eigenvalue weighted by Crippen LogP contribution is -2.75. The first-order chi connectivity index (χ1) is 34.6. The Balaban J connectivity index is 0.000000408. The van der Waals surface area contributed by atoms with E-state index in [0.717, 1.165) is 12.3 Å². The molecule has 0 aliphatic rings. The molecule has 7 aromatic rings. The number of benzene rings is 6. The lowest BCUT2D eigenvalue weighted by Gasteiger charge is -2.46. The molecular formula is C49H28BF24NS. The lowest BCUT2D eigenvalue weighted by molar-refractivity contribution is -0.693. The second-order valence-corrected chi connectivity index (χ2v) is 17.2. The molecule has 0 spiro atoms. The second-order valence-electron chi connectivity index (χ2n) is 16.8. The van der Waals surface area contributed by atoms with Gasteiger partial charge in [-0.15, -0.1) is 0 Å². The van der Waals surface area contributed by atoms with Gasteiger partial charge in [0, 0.05) is 17.0 Å². The minimum Gasteiger partial charge on any atom is -0.197 e. The molecule has 1 aromatic heterocycles. The van der Waals surface area contributed by atoms with Crippen LogP contribution in [-0.4, -0.2) is 6.15 Å². The van der Waals surface area contributed by atoms with Crippen molar-refractivity contribution < 1.29 is 110 Å². The van der Waals surface area contributed by atoms with Gasteiger partial charge in [-0.25, -0.2) is 0 Å². The number of aromatic nitrogens is 1. The van der Waals surface area contributed by atoms with E-state index in [1.165, 1.54) is 22.0 Å². The first-order valence-electron chi connectivity index (χ1n) is 21.0. The molecule has 0 atom stereocenters. The number of pyridine rings is 1. The third-order valence-electron chi connectivity index (χ3n) is 11.8. The van der Waals surface area contributed by atoms with Crippen LogP contribution < -0.4 is 26.4 Å². The minimum absolute atomic E-state index is 0.691. The summed E-state index contributed by atoms with van der Waals surface area (Å²) in [7, 11) is 0. The van der Waals surface area contributed by atoms with Gasteiger partial charge < -0.3 is 0 Å². The lowest BCUT2D eigenvalue weighted by atomic mass is 9.12. The van der Waals surface area contributed by atoms with Gasteiger partial charge >= 0.3 is 49.4 Å². The highest BCUT2D eigenvalue weighted by Crippen LogP contribution is 2.41. The van der Waals surface area contributed by atoms with Crippen LogP contribution in [0.5, 0.6) is 0 Å². The van der Waals surface area contributed by atoms with Crippen LogP contribution in [-0.2, 0) is 61.7 Å². The first-order valence-corrected chi connectivity index (χ1v) is 21.7. The van der Waals surface area contributed by atoms with Crippen molar-refractivity contribution in [2.45, 2.75) is 61.7 Å². The maximum Gasteiger partial charge on any atom is 0.416 e. The highest BCUT2D eigenvalue weighted by molar-refractivity contribution is 7.79. The molecule has 27 heteroatoms. The Morgan fingerprint density at radius 3 is 0.855 bits per heavy atom. The summed E-state index contributed by atoms with van der Waals surface area (Å²) in [6.07, 6.45) is -52.7. The van der Waals surface area contributed by atoms with Crippen LogP contribution in [0.2, 0.25) is 0 Å². The summed E-state index contributed by atoms with van der Waals surface area (Å²) in [6.45, 7) is 0.890. The van der Waals surface area contributed by atoms with Gasteiger partial charge in [0.2, 0.25) is 0 Å². The van der Waals surface area contributed by atoms with Gasteiger partial charge in [0.05, 0.1) is 50.3 Å². The van der Waals surface area contributed by atoms with Gasteiger partial charge in [0.25, 0.3) is 0 Å². The molecule has 0 fully saturated rings. The van der Waals surface area contributed by atoms with E-state index in [1.54, 1.807) is 0 Å². The number of nitrogens with zero attached hydrogens (tertiary/aromatic N) is 1. The minimum atomic E-state index is -6.13. The van der Waals surface area contributed by atoms with Crippen LogP contribution in [0.15, 0.2) is 140 Å². The predicted molar refractivity (Wildman–Crippen MR) is 232 cm³/mol. The zero-order chi connectivity index (χ0) is 57.0. The molecule has 76 heavy (non-hydrogen) atoms. The van der Waals surface area contributed by atoms with Crippen molar-refractivity contribution in [3.05, 3.63) is 195 Å². The van der Waals surface area contributed by atoms with E-state index in [1.807, 2.05) is 6.07 Å². The summed E-state index contributed by atoms with van der Waals surface area (Å²) in [4.78, 5) is 0. The number of hydrogen-bond donors (Lipinski definition) is 1. The third-order valence-corrected chi connectivity index (χ3v) is 12.1. The Bertz CT molecular complexity index is 2780. The number of alkyl halides is 24. The van der Waals surface area contributed by atoms with Crippen LogP contribution in [0.1, 0.15) is 55.8 Å². The Labute approximate surface area is 417 Å². The van der Waals surface area contributed by atoms with E-state index in [0.29, 0.717) is 0 Å². The Morgan fingerprint density at radius 2 is 0.592 bits per heavy atom. The van der Waals surface area contributed by atoms with Crippen LogP contribution in [0.3, 0.4) is 0 Å². The van der Waals surface area contributed by atoms with Crippen LogP contribution in [0, 0.1) is 0 Å². The van der Waals surface area contributed by atoms with Gasteiger partial charge in [0.1, 0.15) is 6.15 Å². The summed E-state index contributed by atoms with van der Waals surface area (Å²) >= 11 is 4.50. The molecular weight excluding hydrogens is 1100 g/mol. The highest BCUT2D eigenvalue weighted by atomic mass is 32.1. The normalized spacial score (nSPS) is 13.4. The molecule has 0 saturated carbocycles. The molecule has 0 bridgehead atoms. The quantitative estimate of drug-likeness (QED) is 0.0702. The summed E-state index contributed by atoms with van der Waals surface area (Å²) in [6, 6.07) is 12.4. The summed E-state index contributed by atoms with van der Waals surface area (Å²) < 4.78 is 343. The van der Waals surface area contributed by atoms with Crippen molar-refractivity contribution in [1.82, 2.24) is 0 Å². The van der Waals surface area contributed by atoms with Crippen LogP contribution in [0.4, 0.5) is 105 Å². The van der Waals surface area contributed by atoms with Gasteiger partial charge in [-0.2, -0.15) is 144 Å². The zero-order valence-electron chi connectivity index (χ0n) is 37.2. The van der Waals surface area contributed by atoms with Crippen LogP contribution >= 0.6 is 12.6 Å². The maximum absolute atomic E-state index is 14.2. The van der Waals surface area contributed by atoms with Gasteiger partial charge in [-0.3, -0.25) is 0 Å². The first kappa shape index (κ1) is 58.7. The SMILES string of the molecule is FC(F)(F)c1cc([B-](c2cc(C(F)(F)F)cc(C(F)(F)F)c2)(c2cc(C(F)(F)F)cc(C(F)(F)F)c2)c2cc(C(F)(F)F)cc(C(F)(F)F)c2)cc(C(F)(F)F)c1.SCc1c2ccccc2cc[n+]1Cc1ccccc1. The molecule has 0 saturated heterocycles. The van der Waals surface area contributed by atoms with E-state index >= 15 is 0 Å². The second kappa shape index (κ2) is 20.4. The maximum atomic E-state index is 14.2. The summed E-state index contributed by atoms with van der Waals surface area (Å²) in [5, 5.41) is 2.56. The Morgan fingerprint density at radius 1 is 0.329 bits per heavy atom. The van der Waals surface area contributed by atoms with Gasteiger partial charge in [-0.05, 0) is 35.7 Å². The Kier molecular flexibility index (Phi) is 15.8. The summed E-state index contributed by atoms with van der Waals surface area (Å²) in [5.41, 5.74) is -27.6. The third kappa shape index (κ3) is 13.0. The van der Waals surface area contributed by atoms with Crippen molar-refractivity contribution >= 4 is 51.4 Å². The molecule has 0 aliphatic carbocycles. The largest absolute Gasteiger partial charge is 0.416 e. The average molecular weight is 1130 g/mol. The molecule has 6 aromatic carbocycles. The molecule has 7 rings (SSSR count). The van der Waals surface area contributed by atoms with Crippen molar-refractivity contribution in [3.63, 3.8) is 0 Å². The fraction of sp³-hybridized carbons (Fsp3) is 0.204. The molecule has 1 nitrogen and oxygen atoms in total. The Hall–Kier alpha value is -6.54. The number of hydrogen-bond acceptors (Lipinski definition) is 1. The predicted octanol–water partition coefficient (Wildman–Crippen LogP) is 14.8. The van der Waals surface area contributed by atoms with Crippen molar-refractivity contribution in [2.24, 2.45) is 0 Å². The van der Waals surface area contributed by atoms with Crippen LogP contribution in [0.25, 0.3) is 10.8 Å². The summed E-state index contributed by atoms with van der Waals surface area (Å²) in [5.74, 6) is 0.744. The smallest absolute Gasteiger partial charge is 0.197 e. The molecule has 0 radical (unpaired) electrons. The molecule has 406 valence electrons. The van der Waals surface area contributed by atoms with E-state index in [2.05, 4.69) is 78.0 Å². The fourth-order valence-corrected chi connectivity index (χ4v) is 8.85. The van der Waals surface area contributed by atoms with E-state index in [9.17, 15) is 105 Å². The monoisotopic (exact) mass is 1130 g/mol. The molecule has 1 heterocycles. The van der Waals surface area contributed by atoms with E-state index in [4.69, 9.17) is 0 Å². The van der Waals surface area contributed by atoms with Crippen molar-refractivity contribution in [3.8, 4) is 0 Å². The topological polar surface area (TPSA) is 3.88 Å². The standard InChI is InChI=1S/C32H12BF24.C17H15NS/c34-25(35,36)13-1-14(26(37,38)39)6-21(5-13)33(22-7-15(27(40,41)42)2-16(8-22)28(43,44)45,23-9-17(29(46,47)48)3-18(10-23)30(49,50)51)24-11-19(31(52,53)54)4-20(12-24)32(55,56)57;19-13-17-16-9-5-4-8-15(16)10-11-18(17)12-14-6-2-1-3-7-14/h1-12H;1-11H,12-13H2/q-1;/p+1. The van der Waals surface area contributed by atoms with E-state index in [-0.39, 0.29) is 0 Å². The van der Waals surface area contributed by atoms with Crippen molar-refractivity contribution in [1.29, 1.82) is 0 Å². The molecule has 0 aliphatic heterocycles. The highest BCUT2D eigenvalue weighted by Gasteiger charge is 2.47. The zero-order valence-corrected chi connectivity index (χ0v) is 38.1. The van der Waals surface area contributed by atoms with Crippen molar-refractivity contribution in [2.75, 3.05) is 0 Å². The number of thiol groups is 1. The number of fused-ring (bicyclic) bond motifs is 1. The number of halogens is 24. The fourth-order valence-electron chi connectivity index (χ4n) is 8.49. The molecule has 0 N–H and O–H groups in total.